The molecule has 20 heavy (non-hydrogen) atoms. The van der Waals surface area contributed by atoms with E-state index in [2.05, 4.69) is 50.4 Å². The van der Waals surface area contributed by atoms with Crippen LogP contribution in [0.2, 0.25) is 0 Å². The minimum absolute atomic E-state index is 0.339. The monoisotopic (exact) mass is 271 g/mol. The summed E-state index contributed by atoms with van der Waals surface area (Å²) >= 11 is 0. The second-order valence-corrected chi connectivity index (χ2v) is 7.56. The average molecular weight is 271 g/mol. The van der Waals surface area contributed by atoms with Crippen molar-refractivity contribution < 1.29 is 0 Å². The van der Waals surface area contributed by atoms with Crippen LogP contribution in [-0.4, -0.2) is 6.04 Å². The van der Waals surface area contributed by atoms with E-state index in [1.165, 1.54) is 38.5 Å². The Kier molecular flexibility index (Phi) is 3.90. The van der Waals surface area contributed by atoms with Gasteiger partial charge in [-0.3, -0.25) is 0 Å². The van der Waals surface area contributed by atoms with Crippen LogP contribution in [-0.2, 0) is 5.41 Å². The third kappa shape index (κ3) is 2.65. The summed E-state index contributed by atoms with van der Waals surface area (Å²) < 4.78 is 0. The van der Waals surface area contributed by atoms with Gasteiger partial charge in [0.15, 0.2) is 0 Å². The van der Waals surface area contributed by atoms with E-state index in [9.17, 15) is 0 Å². The molecule has 2 aliphatic rings. The fourth-order valence-corrected chi connectivity index (χ4v) is 4.30. The molecule has 0 aromatic heterocycles. The first-order chi connectivity index (χ1) is 9.58. The Morgan fingerprint density at radius 3 is 2.55 bits per heavy atom. The molecule has 0 heterocycles. The molecule has 0 spiro atoms. The molecule has 0 amide bonds. The van der Waals surface area contributed by atoms with Crippen molar-refractivity contribution >= 4 is 0 Å². The fourth-order valence-electron chi connectivity index (χ4n) is 4.30. The molecule has 1 nitrogen and oxygen atoms in total. The van der Waals surface area contributed by atoms with E-state index >= 15 is 0 Å². The van der Waals surface area contributed by atoms with Crippen LogP contribution < -0.4 is 5.32 Å². The normalized spacial score (nSPS) is 27.2. The molecule has 2 atom stereocenters. The largest absolute Gasteiger partial charge is 0.307 e. The summed E-state index contributed by atoms with van der Waals surface area (Å²) in [5.74, 6) is 0.900. The summed E-state index contributed by atoms with van der Waals surface area (Å²) in [5, 5.41) is 3.95. The molecule has 110 valence electrons. The van der Waals surface area contributed by atoms with Gasteiger partial charge in [0.1, 0.15) is 0 Å². The highest BCUT2D eigenvalue weighted by molar-refractivity contribution is 5.38. The van der Waals surface area contributed by atoms with Crippen LogP contribution in [0, 0.1) is 5.92 Å². The van der Waals surface area contributed by atoms with Crippen LogP contribution in [0.25, 0.3) is 0 Å². The molecule has 1 heteroatoms. The summed E-state index contributed by atoms with van der Waals surface area (Å²) in [6, 6.07) is 10.3. The van der Waals surface area contributed by atoms with E-state index < -0.39 is 0 Å². The first-order valence-electron chi connectivity index (χ1n) is 8.43. The maximum absolute atomic E-state index is 3.95. The van der Waals surface area contributed by atoms with Gasteiger partial charge in [-0.25, -0.2) is 0 Å². The predicted octanol–water partition coefficient (Wildman–Crippen LogP) is 4.97. The summed E-state index contributed by atoms with van der Waals surface area (Å²) in [5.41, 5.74) is 3.45. The highest BCUT2D eigenvalue weighted by Crippen LogP contribution is 2.42. The van der Waals surface area contributed by atoms with Gasteiger partial charge in [0, 0.05) is 12.1 Å². The second-order valence-electron chi connectivity index (χ2n) is 7.56. The topological polar surface area (TPSA) is 12.0 Å². The van der Waals surface area contributed by atoms with Crippen LogP contribution >= 0.6 is 0 Å². The Labute approximate surface area is 124 Å². The summed E-state index contributed by atoms with van der Waals surface area (Å²) in [4.78, 5) is 0. The van der Waals surface area contributed by atoms with Crippen molar-refractivity contribution in [1.82, 2.24) is 5.32 Å². The van der Waals surface area contributed by atoms with Crippen LogP contribution in [0.1, 0.15) is 76.5 Å². The van der Waals surface area contributed by atoms with Crippen molar-refractivity contribution in [3.63, 3.8) is 0 Å². The Morgan fingerprint density at radius 2 is 1.80 bits per heavy atom. The molecule has 3 rings (SSSR count). The van der Waals surface area contributed by atoms with E-state index in [4.69, 9.17) is 0 Å². The molecule has 1 unspecified atom stereocenters. The van der Waals surface area contributed by atoms with E-state index in [0.717, 1.165) is 5.92 Å². The average Bonchev–Trinajstić information content (AvgIpc) is 2.96. The molecule has 0 aliphatic heterocycles. The maximum atomic E-state index is 3.95. The molecule has 1 saturated carbocycles. The molecular formula is C19H29N. The zero-order valence-electron chi connectivity index (χ0n) is 13.3. The quantitative estimate of drug-likeness (QED) is 0.818. The smallest absolute Gasteiger partial charge is 0.0325 e. The summed E-state index contributed by atoms with van der Waals surface area (Å²) in [6.45, 7) is 7.18. The number of hydrogen-bond acceptors (Lipinski definition) is 1. The predicted molar refractivity (Wildman–Crippen MR) is 86.0 cm³/mol. The zero-order chi connectivity index (χ0) is 14.2. The minimum atomic E-state index is 0.339. The number of rotatable bonds is 3. The summed E-state index contributed by atoms with van der Waals surface area (Å²) in [6.07, 6.45) is 8.29. The van der Waals surface area contributed by atoms with Gasteiger partial charge in [-0.2, -0.15) is 0 Å². The molecule has 1 aromatic rings. The van der Waals surface area contributed by atoms with Crippen LogP contribution in [0.5, 0.6) is 0 Å². The van der Waals surface area contributed by atoms with Gasteiger partial charge in [-0.15, -0.1) is 0 Å². The lowest BCUT2D eigenvalue weighted by atomic mass is 9.71. The minimum Gasteiger partial charge on any atom is -0.307 e. The SMILES string of the molecule is C[C@H](NC1CCC(C)(C)c2ccccc21)C1CCCC1. The Morgan fingerprint density at radius 1 is 1.10 bits per heavy atom. The van der Waals surface area contributed by atoms with Crippen molar-refractivity contribution in [3.05, 3.63) is 35.4 Å². The molecule has 0 saturated heterocycles. The number of hydrogen-bond donors (Lipinski definition) is 1. The zero-order valence-corrected chi connectivity index (χ0v) is 13.3. The third-order valence-electron chi connectivity index (χ3n) is 5.69. The van der Waals surface area contributed by atoms with Crippen molar-refractivity contribution in [2.75, 3.05) is 0 Å². The Balaban J connectivity index is 1.78. The fraction of sp³-hybridized carbons (Fsp3) is 0.684. The molecular weight excluding hydrogens is 242 g/mol. The third-order valence-corrected chi connectivity index (χ3v) is 5.69. The van der Waals surface area contributed by atoms with Crippen molar-refractivity contribution in [2.24, 2.45) is 5.92 Å². The van der Waals surface area contributed by atoms with Crippen LogP contribution in [0.3, 0.4) is 0 Å². The number of nitrogens with one attached hydrogen (secondary N) is 1. The molecule has 0 radical (unpaired) electrons. The molecule has 0 bridgehead atoms. The molecule has 1 fully saturated rings. The van der Waals surface area contributed by atoms with E-state index in [1.54, 1.807) is 11.1 Å². The van der Waals surface area contributed by atoms with Gasteiger partial charge in [0.05, 0.1) is 0 Å². The van der Waals surface area contributed by atoms with Gasteiger partial charge in [-0.05, 0) is 55.1 Å². The highest BCUT2D eigenvalue weighted by Gasteiger charge is 2.33. The van der Waals surface area contributed by atoms with Gasteiger partial charge in [-0.1, -0.05) is 51.0 Å². The number of fused-ring (bicyclic) bond motifs is 1. The standard InChI is InChI=1S/C19H29N/c1-14(15-8-4-5-9-15)20-18-12-13-19(2,3)17-11-7-6-10-16(17)18/h6-7,10-11,14-15,18,20H,4-5,8-9,12-13H2,1-3H3/t14-,18?/m0/s1. The molecule has 1 aromatic carbocycles. The second kappa shape index (κ2) is 5.52. The van der Waals surface area contributed by atoms with Crippen molar-refractivity contribution in [1.29, 1.82) is 0 Å². The number of benzene rings is 1. The first-order valence-corrected chi connectivity index (χ1v) is 8.43. The lowest BCUT2D eigenvalue weighted by Gasteiger charge is -2.39. The molecule has 2 aliphatic carbocycles. The van der Waals surface area contributed by atoms with Crippen molar-refractivity contribution in [2.45, 2.75) is 76.8 Å². The molecule has 1 N–H and O–H groups in total. The van der Waals surface area contributed by atoms with Gasteiger partial charge < -0.3 is 5.32 Å². The lowest BCUT2D eigenvalue weighted by Crippen LogP contribution is -2.39. The highest BCUT2D eigenvalue weighted by atomic mass is 15.0. The van der Waals surface area contributed by atoms with Gasteiger partial charge in [0.2, 0.25) is 0 Å². The maximum Gasteiger partial charge on any atom is 0.0325 e. The van der Waals surface area contributed by atoms with Crippen molar-refractivity contribution in [3.8, 4) is 0 Å². The lowest BCUT2D eigenvalue weighted by molar-refractivity contribution is 0.295. The van der Waals surface area contributed by atoms with Gasteiger partial charge in [0.25, 0.3) is 0 Å². The summed E-state index contributed by atoms with van der Waals surface area (Å²) in [7, 11) is 0. The van der Waals surface area contributed by atoms with Crippen LogP contribution in [0.15, 0.2) is 24.3 Å². The Bertz CT molecular complexity index is 457. The first kappa shape index (κ1) is 14.1. The Hall–Kier alpha value is -0.820. The van der Waals surface area contributed by atoms with Crippen LogP contribution in [0.4, 0.5) is 0 Å². The van der Waals surface area contributed by atoms with E-state index in [-0.39, 0.29) is 0 Å². The van der Waals surface area contributed by atoms with E-state index in [0.29, 0.717) is 17.5 Å². The van der Waals surface area contributed by atoms with Gasteiger partial charge >= 0.3 is 0 Å². The van der Waals surface area contributed by atoms with E-state index in [1.807, 2.05) is 0 Å².